The molecule has 0 aromatic heterocycles. The minimum atomic E-state index is -1.57. The van der Waals surface area contributed by atoms with Gasteiger partial charge in [-0.15, -0.1) is 0 Å². The van der Waals surface area contributed by atoms with Crippen LogP contribution in [0.25, 0.3) is 0 Å². The van der Waals surface area contributed by atoms with Crippen LogP contribution in [-0.2, 0) is 25.6 Å². The molecule has 0 aliphatic heterocycles. The molecule has 0 bridgehead atoms. The van der Waals surface area contributed by atoms with Crippen molar-refractivity contribution in [1.82, 2.24) is 16.0 Å². The Labute approximate surface area is 210 Å². The highest BCUT2D eigenvalue weighted by atomic mass is 16.4. The van der Waals surface area contributed by atoms with Crippen molar-refractivity contribution in [1.29, 1.82) is 0 Å². The molecule has 12 nitrogen and oxygen atoms in total. The molecular weight excluding hydrogens is 470 g/mol. The minimum Gasteiger partial charge on any atom is -0.508 e. The van der Waals surface area contributed by atoms with Crippen LogP contribution in [0, 0.1) is 5.92 Å². The van der Waals surface area contributed by atoms with Gasteiger partial charge in [0.1, 0.15) is 17.8 Å². The summed E-state index contributed by atoms with van der Waals surface area (Å²) in [4.78, 5) is 50.1. The van der Waals surface area contributed by atoms with E-state index in [0.29, 0.717) is 24.9 Å². The maximum atomic E-state index is 13.3. The average molecular weight is 510 g/mol. The van der Waals surface area contributed by atoms with Gasteiger partial charge in [0.25, 0.3) is 0 Å². The molecule has 0 aliphatic rings. The fraction of sp³-hybridized carbons (Fsp3) is 0.583. The van der Waals surface area contributed by atoms with Gasteiger partial charge in [-0.05, 0) is 56.3 Å². The summed E-state index contributed by atoms with van der Waals surface area (Å²) in [5.41, 5.74) is 12.1. The molecule has 12 heteroatoms. The maximum absolute atomic E-state index is 13.3. The van der Waals surface area contributed by atoms with Gasteiger partial charge in [-0.1, -0.05) is 26.0 Å². The molecule has 0 fully saturated rings. The molecule has 1 aromatic carbocycles. The van der Waals surface area contributed by atoms with E-state index in [0.717, 1.165) is 0 Å². The van der Waals surface area contributed by atoms with Crippen LogP contribution in [-0.4, -0.2) is 75.8 Å². The first kappa shape index (κ1) is 30.8. The lowest BCUT2D eigenvalue weighted by Gasteiger charge is -2.26. The number of phenolic OH excluding ortho intramolecular Hbond substituents is 1. The number of carbonyl (C=O) groups is 4. The molecule has 0 radical (unpaired) electrons. The molecule has 0 spiro atoms. The Morgan fingerprint density at radius 2 is 1.44 bits per heavy atom. The lowest BCUT2D eigenvalue weighted by molar-refractivity contribution is -0.145. The van der Waals surface area contributed by atoms with Crippen LogP contribution in [0.2, 0.25) is 0 Å². The van der Waals surface area contributed by atoms with Crippen molar-refractivity contribution in [2.75, 3.05) is 6.54 Å². The predicted octanol–water partition coefficient (Wildman–Crippen LogP) is -1.03. The quantitative estimate of drug-likeness (QED) is 0.135. The van der Waals surface area contributed by atoms with Crippen LogP contribution >= 0.6 is 0 Å². The SMILES string of the molecule is CC(C)C(N)C(=O)NC(Cc1ccc(O)cc1)C(=O)NC(CCCCN)C(=O)NC(C(=O)O)C(C)O. The van der Waals surface area contributed by atoms with Gasteiger partial charge in [0.2, 0.25) is 17.7 Å². The van der Waals surface area contributed by atoms with Gasteiger partial charge in [-0.2, -0.15) is 0 Å². The number of hydrogen-bond donors (Lipinski definition) is 8. The summed E-state index contributed by atoms with van der Waals surface area (Å²) in [6, 6.07) is 1.39. The van der Waals surface area contributed by atoms with E-state index < -0.39 is 54.0 Å². The summed E-state index contributed by atoms with van der Waals surface area (Å²) in [5, 5.41) is 36.0. The first-order chi connectivity index (χ1) is 16.9. The normalized spacial score (nSPS) is 15.3. The Hall–Kier alpha value is -3.22. The highest BCUT2D eigenvalue weighted by Crippen LogP contribution is 2.13. The molecule has 3 amide bonds. The fourth-order valence-electron chi connectivity index (χ4n) is 3.32. The summed E-state index contributed by atoms with van der Waals surface area (Å²) in [6.45, 7) is 5.11. The zero-order valence-electron chi connectivity index (χ0n) is 20.9. The number of amides is 3. The molecule has 10 N–H and O–H groups in total. The molecule has 0 saturated heterocycles. The van der Waals surface area contributed by atoms with Crippen molar-refractivity contribution in [3.63, 3.8) is 0 Å². The second-order valence-electron chi connectivity index (χ2n) is 9.11. The Kier molecular flexibility index (Phi) is 12.9. The third kappa shape index (κ3) is 10.2. The molecule has 0 heterocycles. The highest BCUT2D eigenvalue weighted by molar-refractivity contribution is 5.94. The molecule has 0 aliphatic carbocycles. The smallest absolute Gasteiger partial charge is 0.328 e. The topological polar surface area (TPSA) is 217 Å². The molecule has 5 unspecified atom stereocenters. The van der Waals surface area contributed by atoms with Crippen LogP contribution in [0.15, 0.2) is 24.3 Å². The summed E-state index contributed by atoms with van der Waals surface area (Å²) in [6.07, 6.45) is -0.132. The van der Waals surface area contributed by atoms with E-state index in [4.69, 9.17) is 11.5 Å². The first-order valence-corrected chi connectivity index (χ1v) is 11.9. The van der Waals surface area contributed by atoms with Crippen molar-refractivity contribution in [3.05, 3.63) is 29.8 Å². The van der Waals surface area contributed by atoms with Crippen LogP contribution < -0.4 is 27.4 Å². The van der Waals surface area contributed by atoms with Crippen LogP contribution in [0.1, 0.15) is 45.6 Å². The number of rotatable bonds is 15. The summed E-state index contributed by atoms with van der Waals surface area (Å²) < 4.78 is 0. The second-order valence-corrected chi connectivity index (χ2v) is 9.11. The minimum absolute atomic E-state index is 0.0355. The van der Waals surface area contributed by atoms with Gasteiger partial charge in [-0.25, -0.2) is 4.79 Å². The Morgan fingerprint density at radius 3 is 1.94 bits per heavy atom. The van der Waals surface area contributed by atoms with Crippen LogP contribution in [0.5, 0.6) is 5.75 Å². The molecule has 0 saturated carbocycles. The third-order valence-corrected chi connectivity index (χ3v) is 5.66. The number of aliphatic hydroxyl groups excluding tert-OH is 1. The number of phenols is 1. The number of nitrogens with two attached hydrogens (primary N) is 2. The van der Waals surface area contributed by atoms with Crippen molar-refractivity contribution >= 4 is 23.7 Å². The lowest BCUT2D eigenvalue weighted by atomic mass is 10.0. The molecule has 1 rings (SSSR count). The number of aliphatic hydroxyl groups is 1. The Morgan fingerprint density at radius 1 is 0.889 bits per heavy atom. The number of unbranched alkanes of at least 4 members (excludes halogenated alkanes) is 1. The number of carboxylic acid groups (broad SMARTS) is 1. The standard InChI is InChI=1S/C24H39N5O7/c1-13(2)19(26)23(34)28-18(12-15-7-9-16(31)10-8-15)22(33)27-17(6-4-5-11-25)21(32)29-20(14(3)30)24(35)36/h7-10,13-14,17-20,30-31H,4-6,11-12,25-26H2,1-3H3,(H,27,33)(H,28,34)(H,29,32)(H,35,36). The van der Waals surface area contributed by atoms with Crippen molar-refractivity contribution in [2.45, 2.75) is 76.7 Å². The van der Waals surface area contributed by atoms with E-state index >= 15 is 0 Å². The van der Waals surface area contributed by atoms with E-state index in [-0.39, 0.29) is 24.5 Å². The Balaban J connectivity index is 3.14. The second kappa shape index (κ2) is 15.0. The average Bonchev–Trinajstić information content (AvgIpc) is 2.81. The monoisotopic (exact) mass is 509 g/mol. The van der Waals surface area contributed by atoms with E-state index in [1.54, 1.807) is 26.0 Å². The number of aromatic hydroxyl groups is 1. The van der Waals surface area contributed by atoms with E-state index in [1.165, 1.54) is 19.1 Å². The van der Waals surface area contributed by atoms with Gasteiger partial charge < -0.3 is 42.7 Å². The van der Waals surface area contributed by atoms with Crippen molar-refractivity contribution < 1.29 is 34.5 Å². The first-order valence-electron chi connectivity index (χ1n) is 11.9. The van der Waals surface area contributed by atoms with Gasteiger partial charge in [0.15, 0.2) is 6.04 Å². The lowest BCUT2D eigenvalue weighted by Crippen LogP contribution is -2.59. The number of hydrogen-bond acceptors (Lipinski definition) is 8. The molecule has 202 valence electrons. The summed E-state index contributed by atoms with van der Waals surface area (Å²) in [5.74, 6) is -3.59. The molecular formula is C24H39N5O7. The van der Waals surface area contributed by atoms with Crippen LogP contribution in [0.3, 0.4) is 0 Å². The van der Waals surface area contributed by atoms with Gasteiger partial charge in [0.05, 0.1) is 12.1 Å². The van der Waals surface area contributed by atoms with Crippen LogP contribution in [0.4, 0.5) is 0 Å². The largest absolute Gasteiger partial charge is 0.508 e. The molecule has 36 heavy (non-hydrogen) atoms. The van der Waals surface area contributed by atoms with E-state index in [2.05, 4.69) is 16.0 Å². The van der Waals surface area contributed by atoms with Gasteiger partial charge >= 0.3 is 5.97 Å². The molecule has 5 atom stereocenters. The number of nitrogens with one attached hydrogen (secondary N) is 3. The van der Waals surface area contributed by atoms with Crippen molar-refractivity contribution in [2.24, 2.45) is 17.4 Å². The Bertz CT molecular complexity index is 876. The van der Waals surface area contributed by atoms with Gasteiger partial charge in [-0.3, -0.25) is 14.4 Å². The number of carbonyl (C=O) groups excluding carboxylic acids is 3. The summed E-state index contributed by atoms with van der Waals surface area (Å²) in [7, 11) is 0. The maximum Gasteiger partial charge on any atom is 0.328 e. The van der Waals surface area contributed by atoms with Gasteiger partial charge in [0, 0.05) is 6.42 Å². The van der Waals surface area contributed by atoms with E-state index in [9.17, 15) is 34.5 Å². The highest BCUT2D eigenvalue weighted by Gasteiger charge is 2.32. The predicted molar refractivity (Wildman–Crippen MR) is 133 cm³/mol. The summed E-state index contributed by atoms with van der Waals surface area (Å²) >= 11 is 0. The zero-order valence-corrected chi connectivity index (χ0v) is 20.9. The fourth-order valence-corrected chi connectivity index (χ4v) is 3.32. The number of benzene rings is 1. The zero-order chi connectivity index (χ0) is 27.4. The van der Waals surface area contributed by atoms with E-state index in [1.807, 2.05) is 0 Å². The van der Waals surface area contributed by atoms with Crippen molar-refractivity contribution in [3.8, 4) is 5.75 Å². The molecule has 1 aromatic rings. The number of aliphatic carboxylic acids is 1. The third-order valence-electron chi connectivity index (χ3n) is 5.66. The number of carboxylic acids is 1.